The molecule has 1 heterocycles. The molecule has 1 aliphatic carbocycles. The molecule has 0 spiro atoms. The number of thiazole rings is 1. The molecule has 3 rings (SSSR count). The number of anilines is 2. The summed E-state index contributed by atoms with van der Waals surface area (Å²) >= 11 is 1.37. The normalized spacial score (nSPS) is 15.1. The molecular weight excluding hydrogens is 334 g/mol. The summed E-state index contributed by atoms with van der Waals surface area (Å²) in [6.07, 6.45) is 6.18. The monoisotopic (exact) mass is 359 g/mol. The van der Waals surface area contributed by atoms with Gasteiger partial charge in [-0.3, -0.25) is 4.79 Å². The molecule has 2 aromatic rings. The van der Waals surface area contributed by atoms with Crippen molar-refractivity contribution >= 4 is 28.1 Å². The van der Waals surface area contributed by atoms with Gasteiger partial charge in [-0.15, -0.1) is 0 Å². The summed E-state index contributed by atoms with van der Waals surface area (Å²) in [5.74, 6) is -0.180. The van der Waals surface area contributed by atoms with Crippen molar-refractivity contribution in [2.45, 2.75) is 58.4 Å². The van der Waals surface area contributed by atoms with Crippen molar-refractivity contribution in [1.29, 1.82) is 0 Å². The predicted molar refractivity (Wildman–Crippen MR) is 103 cm³/mol. The number of carbonyl (C=O) groups excluding carboxylic acids is 1. The highest BCUT2D eigenvalue weighted by atomic mass is 32.1. The fourth-order valence-corrected chi connectivity index (χ4v) is 4.21. The largest absolute Gasteiger partial charge is 0.492 e. The number of carbonyl (C=O) groups is 1. The van der Waals surface area contributed by atoms with Gasteiger partial charge in [-0.2, -0.15) is 4.98 Å². The number of nitrogens with zero attached hydrogens (tertiary/aromatic N) is 1. The number of nitrogens with one attached hydrogen (secondary N) is 2. The zero-order chi connectivity index (χ0) is 17.8. The highest BCUT2D eigenvalue weighted by Gasteiger charge is 2.18. The Bertz CT molecular complexity index is 731. The maximum Gasteiger partial charge on any atom is 0.229 e. The molecule has 0 unspecified atom stereocenters. The lowest BCUT2D eigenvalue weighted by Gasteiger charge is -2.22. The maximum atomic E-state index is 12.4. The Morgan fingerprint density at radius 2 is 1.92 bits per heavy atom. The average Bonchev–Trinajstić information content (AvgIpc) is 2.91. The molecule has 1 aromatic heterocycles. The third-order valence-corrected chi connectivity index (χ3v) is 5.65. The highest BCUT2D eigenvalue weighted by molar-refractivity contribution is 7.16. The Kier molecular flexibility index (Phi) is 5.58. The number of hydrogen-bond acceptors (Lipinski definition) is 5. The summed E-state index contributed by atoms with van der Waals surface area (Å²) in [5.41, 5.74) is 2.90. The number of rotatable bonds is 5. The second-order valence-electron chi connectivity index (χ2n) is 6.74. The zero-order valence-electron chi connectivity index (χ0n) is 14.8. The smallest absolute Gasteiger partial charge is 0.229 e. The lowest BCUT2D eigenvalue weighted by molar-refractivity contribution is -0.115. The number of amides is 1. The molecule has 3 N–H and O–H groups in total. The first kappa shape index (κ1) is 17.7. The van der Waals surface area contributed by atoms with Crippen LogP contribution in [0.3, 0.4) is 0 Å². The van der Waals surface area contributed by atoms with Crippen LogP contribution in [-0.4, -0.2) is 22.0 Å². The van der Waals surface area contributed by atoms with Gasteiger partial charge in [0.1, 0.15) is 0 Å². The summed E-state index contributed by atoms with van der Waals surface area (Å²) in [6, 6.07) is 6.34. The van der Waals surface area contributed by atoms with E-state index < -0.39 is 0 Å². The molecule has 1 amide bonds. The summed E-state index contributed by atoms with van der Waals surface area (Å²) in [4.78, 5) is 17.2. The minimum atomic E-state index is -0.138. The molecule has 1 aromatic carbocycles. The number of aryl methyl sites for hydroxylation is 2. The standard InChI is InChI=1S/C19H25N3O2S/c1-12-7-6-8-13(2)17(12)21-16(23)11-15-18(24)22-19(25-15)20-14-9-4-3-5-10-14/h6-8,14,24H,3-5,9-11H2,1-2H3,(H,20,22)(H,21,23). The fraction of sp³-hybridized carbons (Fsp3) is 0.474. The van der Waals surface area contributed by atoms with Crippen LogP contribution in [0.5, 0.6) is 5.88 Å². The van der Waals surface area contributed by atoms with Crippen LogP contribution in [0.4, 0.5) is 10.8 Å². The van der Waals surface area contributed by atoms with Crippen LogP contribution in [-0.2, 0) is 11.2 Å². The Balaban J connectivity index is 1.63. The molecule has 6 heteroatoms. The third-order valence-electron chi connectivity index (χ3n) is 4.68. The molecule has 1 aliphatic rings. The Morgan fingerprint density at radius 3 is 2.60 bits per heavy atom. The van der Waals surface area contributed by atoms with E-state index >= 15 is 0 Å². The van der Waals surface area contributed by atoms with E-state index in [1.54, 1.807) is 0 Å². The number of aromatic nitrogens is 1. The van der Waals surface area contributed by atoms with Crippen molar-refractivity contribution in [1.82, 2.24) is 4.98 Å². The molecule has 25 heavy (non-hydrogen) atoms. The first-order valence-electron chi connectivity index (χ1n) is 8.84. The molecule has 0 atom stereocenters. The Hall–Kier alpha value is -2.08. The van der Waals surface area contributed by atoms with Crippen LogP contribution >= 0.6 is 11.3 Å². The molecule has 1 fully saturated rings. The Labute approximate surface area is 152 Å². The average molecular weight is 359 g/mol. The lowest BCUT2D eigenvalue weighted by Crippen LogP contribution is -2.21. The summed E-state index contributed by atoms with van der Waals surface area (Å²) in [5, 5.41) is 17.1. The molecule has 0 saturated heterocycles. The molecule has 5 nitrogen and oxygen atoms in total. The van der Waals surface area contributed by atoms with E-state index in [0.717, 1.165) is 29.7 Å². The first-order chi connectivity index (χ1) is 12.0. The van der Waals surface area contributed by atoms with Crippen LogP contribution in [0.2, 0.25) is 0 Å². The van der Waals surface area contributed by atoms with Crippen molar-refractivity contribution in [3.8, 4) is 5.88 Å². The SMILES string of the molecule is Cc1cccc(C)c1NC(=O)Cc1sc(NC2CCCCC2)nc1O. The van der Waals surface area contributed by atoms with Gasteiger partial charge in [-0.25, -0.2) is 0 Å². The quantitative estimate of drug-likeness (QED) is 0.740. The van der Waals surface area contributed by atoms with Crippen LogP contribution < -0.4 is 10.6 Å². The van der Waals surface area contributed by atoms with Gasteiger partial charge in [-0.05, 0) is 37.8 Å². The van der Waals surface area contributed by atoms with E-state index in [1.165, 1.54) is 30.6 Å². The van der Waals surface area contributed by atoms with Gasteiger partial charge in [-0.1, -0.05) is 48.8 Å². The van der Waals surface area contributed by atoms with Gasteiger partial charge in [0.05, 0.1) is 11.3 Å². The van der Waals surface area contributed by atoms with E-state index in [1.807, 2.05) is 32.0 Å². The van der Waals surface area contributed by atoms with Crippen LogP contribution in [0.15, 0.2) is 18.2 Å². The van der Waals surface area contributed by atoms with Crippen LogP contribution in [0.1, 0.15) is 48.1 Å². The summed E-state index contributed by atoms with van der Waals surface area (Å²) < 4.78 is 0. The van der Waals surface area contributed by atoms with E-state index in [0.29, 0.717) is 16.1 Å². The highest BCUT2D eigenvalue weighted by Crippen LogP contribution is 2.31. The van der Waals surface area contributed by atoms with Gasteiger partial charge in [0.2, 0.25) is 11.8 Å². The van der Waals surface area contributed by atoms with Crippen molar-refractivity contribution in [3.05, 3.63) is 34.2 Å². The van der Waals surface area contributed by atoms with Gasteiger partial charge in [0.15, 0.2) is 5.13 Å². The topological polar surface area (TPSA) is 74.2 Å². The maximum absolute atomic E-state index is 12.4. The number of aromatic hydroxyl groups is 1. The van der Waals surface area contributed by atoms with E-state index in [2.05, 4.69) is 15.6 Å². The number of benzene rings is 1. The van der Waals surface area contributed by atoms with Crippen molar-refractivity contribution < 1.29 is 9.90 Å². The first-order valence-corrected chi connectivity index (χ1v) is 9.66. The van der Waals surface area contributed by atoms with E-state index in [-0.39, 0.29) is 18.2 Å². The summed E-state index contributed by atoms with van der Waals surface area (Å²) in [7, 11) is 0. The lowest BCUT2D eigenvalue weighted by atomic mass is 9.96. The van der Waals surface area contributed by atoms with E-state index in [9.17, 15) is 9.90 Å². The van der Waals surface area contributed by atoms with Crippen molar-refractivity contribution in [2.75, 3.05) is 10.6 Å². The Morgan fingerprint density at radius 1 is 1.24 bits per heavy atom. The van der Waals surface area contributed by atoms with Gasteiger partial charge >= 0.3 is 0 Å². The van der Waals surface area contributed by atoms with Gasteiger partial charge in [0, 0.05) is 11.7 Å². The molecule has 134 valence electrons. The predicted octanol–water partition coefficient (Wildman–Crippen LogP) is 4.39. The molecule has 0 aliphatic heterocycles. The molecule has 1 saturated carbocycles. The minimum absolute atomic E-state index is 0.0417. The van der Waals surface area contributed by atoms with Gasteiger partial charge in [0.25, 0.3) is 0 Å². The van der Waals surface area contributed by atoms with Gasteiger partial charge < -0.3 is 15.7 Å². The van der Waals surface area contributed by atoms with Crippen LogP contribution in [0.25, 0.3) is 0 Å². The van der Waals surface area contributed by atoms with Crippen LogP contribution in [0, 0.1) is 13.8 Å². The number of para-hydroxylation sites is 1. The second-order valence-corrected chi connectivity index (χ2v) is 7.82. The zero-order valence-corrected chi connectivity index (χ0v) is 15.6. The van der Waals surface area contributed by atoms with Crippen molar-refractivity contribution in [2.24, 2.45) is 0 Å². The fourth-order valence-electron chi connectivity index (χ4n) is 3.28. The molecule has 0 radical (unpaired) electrons. The second kappa shape index (κ2) is 7.87. The third kappa shape index (κ3) is 4.51. The number of hydrogen-bond donors (Lipinski definition) is 3. The molecular formula is C19H25N3O2S. The van der Waals surface area contributed by atoms with E-state index in [4.69, 9.17) is 0 Å². The summed E-state index contributed by atoms with van der Waals surface area (Å²) in [6.45, 7) is 3.94. The minimum Gasteiger partial charge on any atom is -0.492 e. The molecule has 0 bridgehead atoms. The van der Waals surface area contributed by atoms with Crippen molar-refractivity contribution in [3.63, 3.8) is 0 Å².